The van der Waals surface area contributed by atoms with Crippen LogP contribution in [-0.2, 0) is 25.8 Å². The zero-order valence-corrected chi connectivity index (χ0v) is 20.2. The first-order valence-electron chi connectivity index (χ1n) is 10.7. The van der Waals surface area contributed by atoms with Crippen molar-refractivity contribution in [3.05, 3.63) is 81.0 Å². The molecule has 2 aliphatic heterocycles. The van der Waals surface area contributed by atoms with Gasteiger partial charge < -0.3 is 9.64 Å². The third-order valence-electron chi connectivity index (χ3n) is 6.59. The van der Waals surface area contributed by atoms with Crippen molar-refractivity contribution in [3.8, 4) is 5.75 Å². The van der Waals surface area contributed by atoms with Crippen LogP contribution < -0.4 is 4.74 Å². The molecule has 178 valence electrons. The van der Waals surface area contributed by atoms with Gasteiger partial charge >= 0.3 is 0 Å². The Kier molecular flexibility index (Phi) is 5.90. The molecule has 10 heteroatoms. The number of carbonyl (C=O) groups is 1. The van der Waals surface area contributed by atoms with Crippen LogP contribution in [0.4, 0.5) is 8.78 Å². The highest BCUT2D eigenvalue weighted by Crippen LogP contribution is 2.53. The van der Waals surface area contributed by atoms with Gasteiger partial charge in [0.2, 0.25) is 5.91 Å². The highest BCUT2D eigenvalue weighted by molar-refractivity contribution is 7.92. The first-order valence-corrected chi connectivity index (χ1v) is 13.5. The van der Waals surface area contributed by atoms with Crippen LogP contribution in [-0.4, -0.2) is 38.4 Å². The van der Waals surface area contributed by atoms with Crippen LogP contribution in [0.1, 0.15) is 24.0 Å². The number of rotatable bonds is 4. The predicted molar refractivity (Wildman–Crippen MR) is 125 cm³/mol. The van der Waals surface area contributed by atoms with Gasteiger partial charge in [-0.05, 0) is 71.6 Å². The molecule has 0 aliphatic carbocycles. The standard InChI is InChI=1S/C24H20ClF2NO4S2/c25-16-2-4-17(5-3-16)34(30,31)24-9-1-10-28(21(29)12-15-8-11-33-14-15)20(24)13-32-23-19(27)7-6-18(26)22(23)24/h2-8,11,14,20H,1,9-10,12-13H2/t20-,24+/m0/s1. The summed E-state index contributed by atoms with van der Waals surface area (Å²) >= 11 is 7.42. The van der Waals surface area contributed by atoms with E-state index in [0.717, 1.165) is 17.7 Å². The second-order valence-electron chi connectivity index (χ2n) is 8.41. The highest BCUT2D eigenvalue weighted by Gasteiger charge is 2.61. The van der Waals surface area contributed by atoms with Gasteiger partial charge in [-0.1, -0.05) is 11.6 Å². The van der Waals surface area contributed by atoms with E-state index in [1.807, 2.05) is 16.8 Å². The smallest absolute Gasteiger partial charge is 0.227 e. The number of halogens is 3. The first-order chi connectivity index (χ1) is 16.3. The molecule has 5 rings (SSSR count). The summed E-state index contributed by atoms with van der Waals surface area (Å²) < 4.78 is 62.3. The SMILES string of the molecule is O=C(Cc1ccsc1)N1CCC[C@]2(S(=O)(=O)c3ccc(Cl)cc3)c3c(F)ccc(F)c3OC[C@H]12. The molecule has 0 N–H and O–H groups in total. The molecule has 3 heterocycles. The summed E-state index contributed by atoms with van der Waals surface area (Å²) in [6, 6.07) is 8.19. The molecule has 0 radical (unpaired) electrons. The van der Waals surface area contributed by atoms with Gasteiger partial charge in [-0.25, -0.2) is 17.2 Å². The van der Waals surface area contributed by atoms with Gasteiger partial charge in [-0.3, -0.25) is 4.79 Å². The molecule has 1 aromatic heterocycles. The minimum atomic E-state index is -4.32. The quantitative estimate of drug-likeness (QED) is 0.484. The number of nitrogens with zero attached hydrogens (tertiary/aromatic N) is 1. The fourth-order valence-corrected chi connectivity index (χ4v) is 8.21. The van der Waals surface area contributed by atoms with E-state index in [9.17, 15) is 17.6 Å². The van der Waals surface area contributed by atoms with Gasteiger partial charge in [0.25, 0.3) is 0 Å². The fraction of sp³-hybridized carbons (Fsp3) is 0.292. The molecule has 0 spiro atoms. The Morgan fingerprint density at radius 2 is 1.88 bits per heavy atom. The predicted octanol–water partition coefficient (Wildman–Crippen LogP) is 4.98. The summed E-state index contributed by atoms with van der Waals surface area (Å²) in [7, 11) is -4.32. The maximum absolute atomic E-state index is 15.4. The molecule has 1 saturated heterocycles. The number of fused-ring (bicyclic) bond motifs is 3. The van der Waals surface area contributed by atoms with Crippen LogP contribution in [0.3, 0.4) is 0 Å². The zero-order chi connectivity index (χ0) is 24.1. The lowest BCUT2D eigenvalue weighted by Crippen LogP contribution is -2.64. The van der Waals surface area contributed by atoms with Crippen LogP contribution in [0.25, 0.3) is 0 Å². The molecule has 1 amide bonds. The molecule has 2 aromatic carbocycles. The van der Waals surface area contributed by atoms with E-state index in [-0.39, 0.29) is 35.8 Å². The van der Waals surface area contributed by atoms with Crippen molar-refractivity contribution >= 4 is 38.7 Å². The number of piperidine rings is 1. The van der Waals surface area contributed by atoms with Gasteiger partial charge in [-0.15, -0.1) is 0 Å². The van der Waals surface area contributed by atoms with Gasteiger partial charge in [0, 0.05) is 11.6 Å². The van der Waals surface area contributed by atoms with Crippen molar-refractivity contribution in [1.82, 2.24) is 4.90 Å². The topological polar surface area (TPSA) is 63.7 Å². The minimum absolute atomic E-state index is 0.0155. The van der Waals surface area contributed by atoms with Gasteiger partial charge in [0.05, 0.1) is 22.9 Å². The molecular weight excluding hydrogens is 504 g/mol. The number of hydrogen-bond donors (Lipinski definition) is 0. The minimum Gasteiger partial charge on any atom is -0.488 e. The van der Waals surface area contributed by atoms with Gasteiger partial charge in [-0.2, -0.15) is 11.3 Å². The Labute approximate surface area is 204 Å². The maximum Gasteiger partial charge on any atom is 0.227 e. The van der Waals surface area contributed by atoms with E-state index in [4.69, 9.17) is 16.3 Å². The third kappa shape index (κ3) is 3.52. The molecule has 2 aliphatic rings. The van der Waals surface area contributed by atoms with Crippen molar-refractivity contribution in [2.24, 2.45) is 0 Å². The average molecular weight is 524 g/mol. The molecule has 0 unspecified atom stereocenters. The van der Waals surface area contributed by atoms with E-state index >= 15 is 4.39 Å². The van der Waals surface area contributed by atoms with Crippen LogP contribution >= 0.6 is 22.9 Å². The van der Waals surface area contributed by atoms with E-state index in [0.29, 0.717) is 18.0 Å². The van der Waals surface area contributed by atoms with Crippen molar-refractivity contribution in [3.63, 3.8) is 0 Å². The third-order valence-corrected chi connectivity index (χ3v) is 10.1. The van der Waals surface area contributed by atoms with Crippen molar-refractivity contribution in [2.75, 3.05) is 13.2 Å². The van der Waals surface area contributed by atoms with E-state index in [1.54, 1.807) is 0 Å². The summed E-state index contributed by atoms with van der Waals surface area (Å²) in [5.41, 5.74) is 0.452. The summed E-state index contributed by atoms with van der Waals surface area (Å²) in [6.07, 6.45) is 0.394. The lowest BCUT2D eigenvalue weighted by molar-refractivity contribution is -0.136. The monoisotopic (exact) mass is 523 g/mol. The molecular formula is C24H20ClF2NO4S2. The van der Waals surface area contributed by atoms with Crippen molar-refractivity contribution in [1.29, 1.82) is 0 Å². The molecule has 0 saturated carbocycles. The number of sulfone groups is 1. The van der Waals surface area contributed by atoms with Crippen LogP contribution in [0.15, 0.2) is 58.1 Å². The van der Waals surface area contributed by atoms with Crippen molar-refractivity contribution in [2.45, 2.75) is 34.9 Å². The number of amides is 1. The zero-order valence-electron chi connectivity index (χ0n) is 17.8. The lowest BCUT2D eigenvalue weighted by atomic mass is 9.80. The Morgan fingerprint density at radius 1 is 1.15 bits per heavy atom. The Balaban J connectivity index is 1.71. The fourth-order valence-electron chi connectivity index (χ4n) is 5.07. The summed E-state index contributed by atoms with van der Waals surface area (Å²) in [5, 5.41) is 4.04. The number of benzene rings is 2. The van der Waals surface area contributed by atoms with E-state index < -0.39 is 38.0 Å². The number of carbonyl (C=O) groups excluding carboxylic acids is 1. The first kappa shape index (κ1) is 23.3. The summed E-state index contributed by atoms with van der Waals surface area (Å²) in [5.74, 6) is -2.43. The lowest BCUT2D eigenvalue weighted by Gasteiger charge is -2.51. The molecule has 34 heavy (non-hydrogen) atoms. The normalized spacial score (nSPS) is 22.0. The van der Waals surface area contributed by atoms with E-state index in [2.05, 4.69) is 0 Å². The number of likely N-dealkylation sites (tertiary alicyclic amines) is 1. The molecule has 5 nitrogen and oxygen atoms in total. The van der Waals surface area contributed by atoms with Gasteiger partial charge in [0.1, 0.15) is 17.2 Å². The average Bonchev–Trinajstić information content (AvgIpc) is 3.33. The second-order valence-corrected chi connectivity index (χ2v) is 11.8. The summed E-state index contributed by atoms with van der Waals surface area (Å²) in [6.45, 7) is 0.0245. The van der Waals surface area contributed by atoms with E-state index in [1.165, 1.54) is 40.5 Å². The Bertz CT molecular complexity index is 1350. The van der Waals surface area contributed by atoms with Crippen molar-refractivity contribution < 1.29 is 26.7 Å². The number of ether oxygens (including phenoxy) is 1. The summed E-state index contributed by atoms with van der Waals surface area (Å²) in [4.78, 5) is 14.7. The number of hydrogen-bond acceptors (Lipinski definition) is 5. The van der Waals surface area contributed by atoms with Gasteiger partial charge in [0.15, 0.2) is 21.4 Å². The molecule has 1 fully saturated rings. The largest absolute Gasteiger partial charge is 0.488 e. The molecule has 3 aromatic rings. The molecule has 0 bridgehead atoms. The second kappa shape index (κ2) is 8.62. The number of thiophene rings is 1. The highest BCUT2D eigenvalue weighted by atomic mass is 35.5. The Hall–Kier alpha value is -2.49. The maximum atomic E-state index is 15.4. The van der Waals surface area contributed by atoms with Crippen LogP contribution in [0.2, 0.25) is 5.02 Å². The van der Waals surface area contributed by atoms with Crippen LogP contribution in [0, 0.1) is 11.6 Å². The van der Waals surface area contributed by atoms with Crippen LogP contribution in [0.5, 0.6) is 5.75 Å². The Morgan fingerprint density at radius 3 is 2.59 bits per heavy atom. The molecule has 2 atom stereocenters.